The lowest BCUT2D eigenvalue weighted by Crippen LogP contribution is -2.34. The topological polar surface area (TPSA) is 31.9 Å². The molecule has 3 nitrogen and oxygen atoms in total. The van der Waals surface area contributed by atoms with Crippen molar-refractivity contribution in [3.05, 3.63) is 54.0 Å². The maximum atomic E-state index is 11.1. The molecule has 60 valence electrons. The molecule has 0 fully saturated rings. The largest absolute Gasteiger partial charge is 0.596 e. The van der Waals surface area contributed by atoms with E-state index in [-0.39, 0.29) is 0 Å². The van der Waals surface area contributed by atoms with E-state index in [1.54, 1.807) is 12.3 Å². The van der Waals surface area contributed by atoms with Crippen LogP contribution in [0, 0.1) is 5.21 Å². The fourth-order valence-electron chi connectivity index (χ4n) is 1.11. The second kappa shape index (κ2) is 2.70. The lowest BCUT2D eigenvalue weighted by molar-refractivity contribution is -0.683. The highest BCUT2D eigenvalue weighted by Crippen LogP contribution is 2.02. The summed E-state index contributed by atoms with van der Waals surface area (Å²) in [6.45, 7) is 0. The Labute approximate surface area is 70.1 Å². The predicted molar refractivity (Wildman–Crippen MR) is 44.7 cm³/mol. The van der Waals surface area contributed by atoms with Crippen LogP contribution in [0.5, 0.6) is 0 Å². The van der Waals surface area contributed by atoms with Gasteiger partial charge in [-0.3, -0.25) is 0 Å². The smallest absolute Gasteiger partial charge is 0.209 e. The first-order valence-corrected chi connectivity index (χ1v) is 3.70. The van der Waals surface area contributed by atoms with Gasteiger partial charge in [-0.05, 0) is 12.1 Å². The number of rotatable bonds is 1. The van der Waals surface area contributed by atoms with E-state index in [9.17, 15) is 5.21 Å². The summed E-state index contributed by atoms with van der Waals surface area (Å²) in [4.78, 5) is 0.787. The van der Waals surface area contributed by atoms with E-state index in [2.05, 4.69) is 0 Å². The van der Waals surface area contributed by atoms with Crippen molar-refractivity contribution >= 4 is 0 Å². The Morgan fingerprint density at radius 2 is 1.83 bits per heavy atom. The minimum atomic E-state index is 0.787. The zero-order valence-corrected chi connectivity index (χ0v) is 6.42. The average Bonchev–Trinajstić information content (AvgIpc) is 2.53. The van der Waals surface area contributed by atoms with Crippen LogP contribution >= 0.6 is 0 Å². The third-order valence-corrected chi connectivity index (χ3v) is 1.67. The van der Waals surface area contributed by atoms with Crippen LogP contribution in [0.15, 0.2) is 48.8 Å². The molecule has 2 rings (SSSR count). The van der Waals surface area contributed by atoms with Crippen molar-refractivity contribution in [1.82, 2.24) is 4.68 Å². The third-order valence-electron chi connectivity index (χ3n) is 1.67. The SMILES string of the molecule is [O-][n+]1cccn1-c1ccccc1. The van der Waals surface area contributed by atoms with Gasteiger partial charge < -0.3 is 5.21 Å². The van der Waals surface area contributed by atoms with Gasteiger partial charge in [0.1, 0.15) is 5.69 Å². The summed E-state index contributed by atoms with van der Waals surface area (Å²) in [5, 5.41) is 11.1. The Bertz CT molecular complexity index is 367. The van der Waals surface area contributed by atoms with Gasteiger partial charge >= 0.3 is 0 Å². The van der Waals surface area contributed by atoms with E-state index in [1.807, 2.05) is 30.3 Å². The van der Waals surface area contributed by atoms with Crippen LogP contribution in [0.25, 0.3) is 5.69 Å². The molecule has 0 radical (unpaired) electrons. The van der Waals surface area contributed by atoms with Gasteiger partial charge in [-0.1, -0.05) is 23.0 Å². The monoisotopic (exact) mass is 160 g/mol. The van der Waals surface area contributed by atoms with E-state index in [4.69, 9.17) is 0 Å². The number of nitrogens with zero attached hydrogens (tertiary/aromatic N) is 2. The summed E-state index contributed by atoms with van der Waals surface area (Å²) in [7, 11) is 0. The fraction of sp³-hybridized carbons (Fsp3) is 0. The molecule has 12 heavy (non-hydrogen) atoms. The molecule has 1 aromatic heterocycles. The number of para-hydroxylation sites is 1. The van der Waals surface area contributed by atoms with Gasteiger partial charge in [-0.25, -0.2) is 0 Å². The van der Waals surface area contributed by atoms with Crippen molar-refractivity contribution in [2.24, 2.45) is 0 Å². The van der Waals surface area contributed by atoms with Gasteiger partial charge in [-0.2, -0.15) is 0 Å². The lowest BCUT2D eigenvalue weighted by Gasteiger charge is -2.01. The maximum Gasteiger partial charge on any atom is 0.209 e. The van der Waals surface area contributed by atoms with Crippen molar-refractivity contribution in [3.8, 4) is 5.69 Å². The van der Waals surface area contributed by atoms with Gasteiger partial charge in [0.25, 0.3) is 0 Å². The lowest BCUT2D eigenvalue weighted by atomic mass is 10.3. The van der Waals surface area contributed by atoms with Crippen LogP contribution in [0.3, 0.4) is 0 Å². The first kappa shape index (κ1) is 6.91. The van der Waals surface area contributed by atoms with Crippen molar-refractivity contribution in [2.45, 2.75) is 0 Å². The third kappa shape index (κ3) is 1.05. The van der Waals surface area contributed by atoms with E-state index in [1.165, 1.54) is 10.9 Å². The van der Waals surface area contributed by atoms with Crippen LogP contribution in [0.4, 0.5) is 0 Å². The molecular formula is C9H8N2O. The molecule has 0 saturated carbocycles. The molecule has 3 heteroatoms. The van der Waals surface area contributed by atoms with Crippen molar-refractivity contribution in [3.63, 3.8) is 0 Å². The average molecular weight is 160 g/mol. The van der Waals surface area contributed by atoms with Gasteiger partial charge in [0.15, 0.2) is 0 Å². The summed E-state index contributed by atoms with van der Waals surface area (Å²) in [5.74, 6) is 0. The standard InChI is InChI=1S/C9H8N2O/c12-11-8-4-7-10(11)9-5-2-1-3-6-9/h1-8H. The number of hydrogen-bond donors (Lipinski definition) is 0. The van der Waals surface area contributed by atoms with Crippen LogP contribution in [0.1, 0.15) is 0 Å². The minimum Gasteiger partial charge on any atom is -0.596 e. The highest BCUT2D eigenvalue weighted by atomic mass is 16.5. The normalized spacial score (nSPS) is 10.0. The molecule has 0 atom stereocenters. The van der Waals surface area contributed by atoms with E-state index in [0.29, 0.717) is 0 Å². The highest BCUT2D eigenvalue weighted by molar-refractivity contribution is 5.28. The Morgan fingerprint density at radius 1 is 1.08 bits per heavy atom. The molecule has 0 amide bonds. The van der Waals surface area contributed by atoms with Crippen molar-refractivity contribution < 1.29 is 4.85 Å². The molecule has 1 heterocycles. The molecule has 0 unspecified atom stereocenters. The fourth-order valence-corrected chi connectivity index (χ4v) is 1.11. The van der Waals surface area contributed by atoms with Crippen molar-refractivity contribution in [2.75, 3.05) is 0 Å². The van der Waals surface area contributed by atoms with Crippen LogP contribution < -0.4 is 4.85 Å². The summed E-state index contributed by atoms with van der Waals surface area (Å²) < 4.78 is 1.53. The molecule has 1 aromatic carbocycles. The van der Waals surface area contributed by atoms with E-state index < -0.39 is 0 Å². The number of benzene rings is 1. The molecule has 0 aliphatic rings. The van der Waals surface area contributed by atoms with Gasteiger partial charge in [0.05, 0.1) is 6.20 Å². The predicted octanol–water partition coefficient (Wildman–Crippen LogP) is 1.11. The molecule has 0 aliphatic carbocycles. The van der Waals surface area contributed by atoms with Crippen LogP contribution in [0.2, 0.25) is 0 Å². The number of aromatic nitrogens is 2. The Hall–Kier alpha value is -1.77. The van der Waals surface area contributed by atoms with Gasteiger partial charge in [0.2, 0.25) is 6.20 Å². The zero-order chi connectivity index (χ0) is 8.39. The van der Waals surface area contributed by atoms with Crippen molar-refractivity contribution in [1.29, 1.82) is 0 Å². The minimum absolute atomic E-state index is 0.787. The van der Waals surface area contributed by atoms with Crippen LogP contribution in [-0.4, -0.2) is 4.68 Å². The highest BCUT2D eigenvalue weighted by Gasteiger charge is 2.00. The Kier molecular flexibility index (Phi) is 1.55. The van der Waals surface area contributed by atoms with E-state index in [0.717, 1.165) is 10.5 Å². The number of hydrogen-bond acceptors (Lipinski definition) is 1. The molecule has 0 saturated heterocycles. The molecular weight excluding hydrogens is 152 g/mol. The zero-order valence-electron chi connectivity index (χ0n) is 6.42. The van der Waals surface area contributed by atoms with Gasteiger partial charge in [0, 0.05) is 6.07 Å². The molecule has 0 spiro atoms. The summed E-state index contributed by atoms with van der Waals surface area (Å²) in [5.41, 5.74) is 0.873. The first-order valence-electron chi connectivity index (χ1n) is 3.70. The second-order valence-corrected chi connectivity index (χ2v) is 2.47. The summed E-state index contributed by atoms with van der Waals surface area (Å²) >= 11 is 0. The molecule has 0 aliphatic heterocycles. The summed E-state index contributed by atoms with van der Waals surface area (Å²) in [6, 6.07) is 11.2. The van der Waals surface area contributed by atoms with Crippen LogP contribution in [-0.2, 0) is 0 Å². The van der Waals surface area contributed by atoms with E-state index >= 15 is 0 Å². The molecule has 2 aromatic rings. The second-order valence-electron chi connectivity index (χ2n) is 2.47. The molecule has 0 N–H and O–H groups in total. The Morgan fingerprint density at radius 3 is 2.42 bits per heavy atom. The quantitative estimate of drug-likeness (QED) is 0.454. The molecule has 0 bridgehead atoms. The Balaban J connectivity index is 2.51. The van der Waals surface area contributed by atoms with Gasteiger partial charge in [-0.15, -0.1) is 4.68 Å². The maximum absolute atomic E-state index is 11.1. The first-order chi connectivity index (χ1) is 5.88. The summed E-state index contributed by atoms with van der Waals surface area (Å²) in [6.07, 6.45) is 3.19.